The molecule has 1 heterocycles. The molecule has 0 saturated carbocycles. The van der Waals surface area contributed by atoms with Crippen molar-refractivity contribution in [3.8, 4) is 0 Å². The molecule has 0 aliphatic carbocycles. The molecule has 22 heavy (non-hydrogen) atoms. The lowest BCUT2D eigenvalue weighted by Gasteiger charge is -2.32. The van der Waals surface area contributed by atoms with E-state index in [2.05, 4.69) is 34.6 Å². The number of nitrogens with zero attached hydrogens (tertiary/aromatic N) is 2. The van der Waals surface area contributed by atoms with Gasteiger partial charge in [0.2, 0.25) is 5.91 Å². The Bertz CT molecular complexity index is 500. The molecule has 0 unspecified atom stereocenters. The van der Waals surface area contributed by atoms with Gasteiger partial charge in [0.1, 0.15) is 0 Å². The molecule has 3 N–H and O–H groups in total. The monoisotopic (exact) mass is 320 g/mol. The van der Waals surface area contributed by atoms with Gasteiger partial charge in [0.05, 0.1) is 0 Å². The Morgan fingerprint density at radius 3 is 2.55 bits per heavy atom. The molecule has 1 aromatic rings. The molecule has 120 valence electrons. The number of nitrogens with two attached hydrogens (primary N) is 1. The highest BCUT2D eigenvalue weighted by Crippen LogP contribution is 2.19. The second-order valence-electron chi connectivity index (χ2n) is 5.59. The van der Waals surface area contributed by atoms with Gasteiger partial charge in [-0.1, -0.05) is 30.3 Å². The van der Waals surface area contributed by atoms with Gasteiger partial charge in [-0.2, -0.15) is 0 Å². The van der Waals surface area contributed by atoms with Crippen molar-refractivity contribution in [1.29, 1.82) is 0 Å². The van der Waals surface area contributed by atoms with E-state index in [1.807, 2.05) is 13.0 Å². The summed E-state index contributed by atoms with van der Waals surface area (Å²) in [7, 11) is 0. The summed E-state index contributed by atoms with van der Waals surface area (Å²) in [5.74, 6) is 0.0597. The first-order chi connectivity index (χ1) is 10.6. The van der Waals surface area contributed by atoms with Gasteiger partial charge in [0.25, 0.3) is 0 Å². The fraction of sp³-hybridized carbons (Fsp3) is 0.500. The third-order valence-corrected chi connectivity index (χ3v) is 4.26. The van der Waals surface area contributed by atoms with E-state index in [4.69, 9.17) is 18.0 Å². The number of likely N-dealkylation sites (tertiary alicyclic amines) is 1. The van der Waals surface area contributed by atoms with Gasteiger partial charge in [-0.15, -0.1) is 0 Å². The van der Waals surface area contributed by atoms with Crippen molar-refractivity contribution in [2.45, 2.75) is 26.3 Å². The number of hydrogen-bond acceptors (Lipinski definition) is 3. The van der Waals surface area contributed by atoms with E-state index < -0.39 is 0 Å². The Balaban J connectivity index is 1.79. The van der Waals surface area contributed by atoms with Crippen LogP contribution in [0.25, 0.3) is 0 Å². The Labute approximate surface area is 137 Å². The standard InChI is InChI=1S/C16H24N4OS/c1-2-20(16(17)22)18-15(21)14-8-10-19(11-9-14)12-13-6-4-3-5-7-13/h3-7,14H,2,8-12H2,1H3,(H2,17,22)(H,18,21). The predicted octanol–water partition coefficient (Wildman–Crippen LogP) is 1.50. The molecular formula is C16H24N4OS. The quantitative estimate of drug-likeness (QED) is 0.650. The summed E-state index contributed by atoms with van der Waals surface area (Å²) in [4.78, 5) is 14.6. The predicted molar refractivity (Wildman–Crippen MR) is 91.8 cm³/mol. The lowest BCUT2D eigenvalue weighted by Crippen LogP contribution is -2.51. The van der Waals surface area contributed by atoms with E-state index in [9.17, 15) is 4.79 Å². The number of nitrogens with one attached hydrogen (secondary N) is 1. The second kappa shape index (κ2) is 8.10. The molecule has 1 fully saturated rings. The van der Waals surface area contributed by atoms with Gasteiger partial charge >= 0.3 is 0 Å². The average molecular weight is 320 g/mol. The Morgan fingerprint density at radius 2 is 2.00 bits per heavy atom. The number of rotatable bonds is 4. The van der Waals surface area contributed by atoms with Crippen LogP contribution in [0.15, 0.2) is 30.3 Å². The van der Waals surface area contributed by atoms with Crippen LogP contribution in [-0.4, -0.2) is 40.6 Å². The Hall–Kier alpha value is -1.66. The number of benzene rings is 1. The highest BCUT2D eigenvalue weighted by molar-refractivity contribution is 7.80. The molecule has 6 heteroatoms. The van der Waals surface area contributed by atoms with E-state index in [0.717, 1.165) is 32.5 Å². The molecule has 0 radical (unpaired) electrons. The largest absolute Gasteiger partial charge is 0.375 e. The number of amides is 1. The van der Waals surface area contributed by atoms with Crippen molar-refractivity contribution < 1.29 is 4.79 Å². The van der Waals surface area contributed by atoms with Crippen LogP contribution in [0, 0.1) is 5.92 Å². The molecule has 0 aromatic heterocycles. The van der Waals surface area contributed by atoms with Crippen molar-refractivity contribution in [3.63, 3.8) is 0 Å². The number of piperidine rings is 1. The molecule has 1 aliphatic rings. The normalized spacial score (nSPS) is 16.2. The van der Waals surface area contributed by atoms with Crippen LogP contribution in [0.4, 0.5) is 0 Å². The van der Waals surface area contributed by atoms with Crippen molar-refractivity contribution in [2.75, 3.05) is 19.6 Å². The van der Waals surface area contributed by atoms with E-state index in [1.165, 1.54) is 10.6 Å². The number of carbonyl (C=O) groups excluding carboxylic acids is 1. The highest BCUT2D eigenvalue weighted by atomic mass is 32.1. The summed E-state index contributed by atoms with van der Waals surface area (Å²) < 4.78 is 0. The second-order valence-corrected chi connectivity index (χ2v) is 6.01. The summed E-state index contributed by atoms with van der Waals surface area (Å²) in [6.07, 6.45) is 1.74. The summed E-state index contributed by atoms with van der Waals surface area (Å²) in [6, 6.07) is 10.4. The minimum absolute atomic E-state index is 0.0222. The van der Waals surface area contributed by atoms with E-state index in [0.29, 0.717) is 6.54 Å². The smallest absolute Gasteiger partial charge is 0.241 e. The molecule has 5 nitrogen and oxygen atoms in total. The highest BCUT2D eigenvalue weighted by Gasteiger charge is 2.26. The zero-order valence-electron chi connectivity index (χ0n) is 13.0. The zero-order valence-corrected chi connectivity index (χ0v) is 13.8. The third kappa shape index (κ3) is 4.68. The molecule has 0 bridgehead atoms. The number of carbonyl (C=O) groups is 1. The number of hydrazine groups is 1. The molecule has 1 saturated heterocycles. The van der Waals surface area contributed by atoms with Gasteiger partial charge in [0.15, 0.2) is 5.11 Å². The summed E-state index contributed by atoms with van der Waals surface area (Å²) in [5.41, 5.74) is 9.69. The van der Waals surface area contributed by atoms with Crippen molar-refractivity contribution in [1.82, 2.24) is 15.3 Å². The molecular weight excluding hydrogens is 296 g/mol. The van der Waals surface area contributed by atoms with Crippen LogP contribution in [0.5, 0.6) is 0 Å². The lowest BCUT2D eigenvalue weighted by atomic mass is 9.96. The minimum Gasteiger partial charge on any atom is -0.375 e. The van der Waals surface area contributed by atoms with Crippen LogP contribution in [0.2, 0.25) is 0 Å². The van der Waals surface area contributed by atoms with Crippen LogP contribution in [0.3, 0.4) is 0 Å². The van der Waals surface area contributed by atoms with Crippen molar-refractivity contribution in [3.05, 3.63) is 35.9 Å². The Kier molecular flexibility index (Phi) is 6.15. The van der Waals surface area contributed by atoms with E-state index in [-0.39, 0.29) is 16.9 Å². The molecule has 0 spiro atoms. The van der Waals surface area contributed by atoms with Crippen LogP contribution < -0.4 is 11.2 Å². The van der Waals surface area contributed by atoms with Crippen LogP contribution in [-0.2, 0) is 11.3 Å². The van der Waals surface area contributed by atoms with E-state index in [1.54, 1.807) is 0 Å². The topological polar surface area (TPSA) is 61.6 Å². The first kappa shape index (κ1) is 16.7. The number of hydrogen-bond donors (Lipinski definition) is 2. The van der Waals surface area contributed by atoms with Crippen molar-refractivity contribution in [2.24, 2.45) is 11.7 Å². The fourth-order valence-electron chi connectivity index (χ4n) is 2.71. The number of thiocarbonyl (C=S) groups is 1. The molecule has 1 aliphatic heterocycles. The average Bonchev–Trinajstić information content (AvgIpc) is 2.53. The van der Waals surface area contributed by atoms with Gasteiger partial charge in [-0.25, -0.2) is 0 Å². The first-order valence-corrected chi connectivity index (χ1v) is 8.14. The fourth-order valence-corrected chi connectivity index (χ4v) is 2.88. The van der Waals surface area contributed by atoms with Gasteiger partial charge in [0, 0.05) is 19.0 Å². The molecule has 2 rings (SSSR count). The summed E-state index contributed by atoms with van der Waals surface area (Å²) in [5, 5.41) is 1.73. The maximum Gasteiger partial charge on any atom is 0.241 e. The van der Waals surface area contributed by atoms with Gasteiger partial charge < -0.3 is 5.73 Å². The van der Waals surface area contributed by atoms with Gasteiger partial charge in [-0.3, -0.25) is 20.1 Å². The van der Waals surface area contributed by atoms with Crippen LogP contribution >= 0.6 is 12.2 Å². The SMILES string of the molecule is CCN(NC(=O)C1CCN(Cc2ccccc2)CC1)C(N)=S. The summed E-state index contributed by atoms with van der Waals surface area (Å²) >= 11 is 4.91. The van der Waals surface area contributed by atoms with Gasteiger partial charge in [-0.05, 0) is 50.6 Å². The first-order valence-electron chi connectivity index (χ1n) is 7.74. The molecule has 0 atom stereocenters. The lowest BCUT2D eigenvalue weighted by molar-refractivity contribution is -0.129. The van der Waals surface area contributed by atoms with E-state index >= 15 is 0 Å². The molecule has 1 amide bonds. The Morgan fingerprint density at radius 1 is 1.36 bits per heavy atom. The summed E-state index contributed by atoms with van der Waals surface area (Å²) in [6.45, 7) is 5.30. The minimum atomic E-state index is 0.0222. The van der Waals surface area contributed by atoms with Crippen LogP contribution in [0.1, 0.15) is 25.3 Å². The zero-order chi connectivity index (χ0) is 15.9. The maximum absolute atomic E-state index is 12.3. The third-order valence-electron chi connectivity index (χ3n) is 4.03. The van der Waals surface area contributed by atoms with Crippen molar-refractivity contribution >= 4 is 23.2 Å². The molecule has 1 aromatic carbocycles. The maximum atomic E-state index is 12.3.